The van der Waals surface area contributed by atoms with Crippen molar-refractivity contribution in [2.45, 2.75) is 0 Å². The Labute approximate surface area is 77.5 Å². The molecule has 0 amide bonds. The molecule has 0 atom stereocenters. The topological polar surface area (TPSA) is 134 Å². The summed E-state index contributed by atoms with van der Waals surface area (Å²) in [6.07, 6.45) is 0. The van der Waals surface area contributed by atoms with Gasteiger partial charge >= 0.3 is 11.4 Å². The van der Waals surface area contributed by atoms with Gasteiger partial charge in [-0.25, -0.2) is 0 Å². The average Bonchev–Trinajstić information content (AvgIpc) is 2.20. The van der Waals surface area contributed by atoms with Gasteiger partial charge in [-0.3, -0.25) is 20.2 Å². The van der Waals surface area contributed by atoms with Crippen LogP contribution in [0.3, 0.4) is 0 Å². The SMILES string of the molecule is N#N.O=[N+]([O-])c1ccccc1[N+](=O)[O-]. The Morgan fingerprint density at radius 2 is 1.21 bits per heavy atom. The third kappa shape index (κ3) is 2.49. The first-order valence-electron chi connectivity index (χ1n) is 3.20. The van der Waals surface area contributed by atoms with Gasteiger partial charge in [0, 0.05) is 22.9 Å². The zero-order valence-electron chi connectivity index (χ0n) is 6.73. The fraction of sp³-hybridized carbons (Fsp3) is 0. The summed E-state index contributed by atoms with van der Waals surface area (Å²) in [6.45, 7) is 0. The van der Waals surface area contributed by atoms with E-state index in [1.54, 1.807) is 0 Å². The Balaban J connectivity index is 0.000000791. The highest BCUT2D eigenvalue weighted by molar-refractivity contribution is 5.51. The quantitative estimate of drug-likeness (QED) is 0.399. The second-order valence-electron chi connectivity index (χ2n) is 2.00. The summed E-state index contributed by atoms with van der Waals surface area (Å²) in [5.41, 5.74) is -0.968. The van der Waals surface area contributed by atoms with Crippen LogP contribution in [0.4, 0.5) is 11.4 Å². The van der Waals surface area contributed by atoms with E-state index in [4.69, 9.17) is 10.8 Å². The van der Waals surface area contributed by atoms with Crippen molar-refractivity contribution in [3.05, 3.63) is 44.5 Å². The van der Waals surface area contributed by atoms with Crippen LogP contribution in [0, 0.1) is 31.0 Å². The third-order valence-corrected chi connectivity index (χ3v) is 1.28. The maximum Gasteiger partial charge on any atom is 0.346 e. The Bertz CT molecular complexity index is 342. The smallest absolute Gasteiger partial charge is 0.258 e. The largest absolute Gasteiger partial charge is 0.346 e. The van der Waals surface area contributed by atoms with E-state index in [-0.39, 0.29) is 0 Å². The lowest BCUT2D eigenvalue weighted by Crippen LogP contribution is -1.95. The molecule has 0 aliphatic carbocycles. The van der Waals surface area contributed by atoms with E-state index < -0.39 is 21.2 Å². The van der Waals surface area contributed by atoms with Gasteiger partial charge in [0.25, 0.3) is 0 Å². The Hall–Kier alpha value is -2.56. The van der Waals surface area contributed by atoms with Crippen molar-refractivity contribution in [3.63, 3.8) is 0 Å². The van der Waals surface area contributed by atoms with Crippen molar-refractivity contribution < 1.29 is 9.85 Å². The highest BCUT2D eigenvalue weighted by atomic mass is 16.6. The molecule has 0 unspecified atom stereocenters. The first kappa shape index (κ1) is 11.4. The average molecular weight is 196 g/mol. The maximum atomic E-state index is 10.2. The van der Waals surface area contributed by atoms with Crippen LogP contribution < -0.4 is 0 Å². The van der Waals surface area contributed by atoms with Crippen molar-refractivity contribution in [1.29, 1.82) is 10.8 Å². The number of rotatable bonds is 2. The van der Waals surface area contributed by atoms with Crippen LogP contribution in [-0.4, -0.2) is 9.85 Å². The summed E-state index contributed by atoms with van der Waals surface area (Å²) >= 11 is 0. The minimum Gasteiger partial charge on any atom is -0.258 e. The molecule has 0 spiro atoms. The molecule has 0 bridgehead atoms. The summed E-state index contributed by atoms with van der Waals surface area (Å²) in [6, 6.07) is 4.95. The minimum absolute atomic E-state index is 0.484. The summed E-state index contributed by atoms with van der Waals surface area (Å²) in [4.78, 5) is 18.9. The Morgan fingerprint density at radius 3 is 1.43 bits per heavy atom. The van der Waals surface area contributed by atoms with Crippen molar-refractivity contribution in [1.82, 2.24) is 0 Å². The van der Waals surface area contributed by atoms with Crippen LogP contribution >= 0.6 is 0 Å². The molecule has 0 fully saturated rings. The highest BCUT2D eigenvalue weighted by Crippen LogP contribution is 2.24. The number of nitro groups is 2. The molecule has 72 valence electrons. The molecule has 0 aromatic heterocycles. The van der Waals surface area contributed by atoms with Gasteiger partial charge in [0.15, 0.2) is 0 Å². The van der Waals surface area contributed by atoms with Crippen LogP contribution in [0.1, 0.15) is 0 Å². The highest BCUT2D eigenvalue weighted by Gasteiger charge is 2.21. The van der Waals surface area contributed by atoms with Gasteiger partial charge in [-0.1, -0.05) is 12.1 Å². The van der Waals surface area contributed by atoms with Gasteiger partial charge < -0.3 is 0 Å². The molecule has 1 aromatic rings. The predicted octanol–water partition coefficient (Wildman–Crippen LogP) is 1.53. The van der Waals surface area contributed by atoms with Crippen LogP contribution in [0.5, 0.6) is 0 Å². The Kier molecular flexibility index (Phi) is 4.21. The second kappa shape index (κ2) is 5.15. The molecule has 0 saturated heterocycles. The molecule has 0 aliphatic heterocycles. The van der Waals surface area contributed by atoms with E-state index in [0.29, 0.717) is 0 Å². The van der Waals surface area contributed by atoms with Crippen LogP contribution in [0.15, 0.2) is 24.3 Å². The second-order valence-corrected chi connectivity index (χ2v) is 2.00. The number of para-hydroxylation sites is 2. The van der Waals surface area contributed by atoms with E-state index in [0.717, 1.165) is 12.1 Å². The molecular weight excluding hydrogens is 192 g/mol. The lowest BCUT2D eigenvalue weighted by Gasteiger charge is -1.91. The van der Waals surface area contributed by atoms with Gasteiger partial charge in [-0.15, -0.1) is 0 Å². The van der Waals surface area contributed by atoms with E-state index in [2.05, 4.69) is 0 Å². The van der Waals surface area contributed by atoms with Crippen LogP contribution in [-0.2, 0) is 0 Å². The first-order valence-corrected chi connectivity index (χ1v) is 3.20. The summed E-state index contributed by atoms with van der Waals surface area (Å²) in [7, 11) is 0. The molecule has 8 heteroatoms. The molecule has 14 heavy (non-hydrogen) atoms. The molecule has 8 nitrogen and oxygen atoms in total. The molecule has 0 radical (unpaired) electrons. The predicted molar refractivity (Wildman–Crippen MR) is 43.2 cm³/mol. The summed E-state index contributed by atoms with van der Waals surface area (Å²) in [5.74, 6) is 0. The number of hydrogen-bond acceptors (Lipinski definition) is 6. The maximum absolute atomic E-state index is 10.2. The van der Waals surface area contributed by atoms with Gasteiger partial charge in [0.1, 0.15) is 0 Å². The lowest BCUT2D eigenvalue weighted by atomic mass is 10.3. The van der Waals surface area contributed by atoms with E-state index in [1.807, 2.05) is 0 Å². The normalized spacial score (nSPS) is 8.14. The summed E-state index contributed by atoms with van der Waals surface area (Å²) < 4.78 is 0. The van der Waals surface area contributed by atoms with Crippen molar-refractivity contribution in [3.8, 4) is 0 Å². The van der Waals surface area contributed by atoms with E-state index >= 15 is 0 Å². The standard InChI is InChI=1S/C6H4N2O4.N2/c9-7(10)5-3-1-2-4-6(5)8(11)12;1-2/h1-4H;. The molecular formula is C6H4N4O4. The van der Waals surface area contributed by atoms with Crippen molar-refractivity contribution in [2.24, 2.45) is 0 Å². The molecule has 1 aromatic carbocycles. The fourth-order valence-electron chi connectivity index (χ4n) is 0.773. The van der Waals surface area contributed by atoms with Crippen molar-refractivity contribution >= 4 is 11.4 Å². The molecule has 1 rings (SSSR count). The number of nitro benzene ring substituents is 2. The Morgan fingerprint density at radius 1 is 0.929 bits per heavy atom. The van der Waals surface area contributed by atoms with Gasteiger partial charge in [-0.2, -0.15) is 0 Å². The number of nitrogens with zero attached hydrogens (tertiary/aromatic N) is 4. The van der Waals surface area contributed by atoms with Crippen LogP contribution in [0.25, 0.3) is 0 Å². The fourth-order valence-corrected chi connectivity index (χ4v) is 0.773. The number of hydrogen-bond donors (Lipinski definition) is 0. The monoisotopic (exact) mass is 196 g/mol. The molecule has 0 aliphatic rings. The van der Waals surface area contributed by atoms with Gasteiger partial charge in [-0.05, 0) is 0 Å². The van der Waals surface area contributed by atoms with Gasteiger partial charge in [0.2, 0.25) is 0 Å². The van der Waals surface area contributed by atoms with Crippen LogP contribution in [0.2, 0.25) is 0 Å². The van der Waals surface area contributed by atoms with Crippen molar-refractivity contribution in [2.75, 3.05) is 0 Å². The molecule has 0 N–H and O–H groups in total. The lowest BCUT2D eigenvalue weighted by molar-refractivity contribution is -0.422. The van der Waals surface area contributed by atoms with Gasteiger partial charge in [0.05, 0.1) is 9.85 Å². The molecule has 0 saturated carbocycles. The summed E-state index contributed by atoms with van der Waals surface area (Å²) in [5, 5.41) is 32.5. The molecule has 0 heterocycles. The van der Waals surface area contributed by atoms with E-state index in [1.165, 1.54) is 12.1 Å². The third-order valence-electron chi connectivity index (χ3n) is 1.28. The zero-order chi connectivity index (χ0) is 11.1. The zero-order valence-corrected chi connectivity index (χ0v) is 6.73. The van der Waals surface area contributed by atoms with E-state index in [9.17, 15) is 20.2 Å². The minimum atomic E-state index is -0.780. The first-order chi connectivity index (χ1) is 6.63. The number of benzene rings is 1.